The Morgan fingerprint density at radius 1 is 0.971 bits per heavy atom. The molecule has 4 aromatic rings. The molecule has 0 radical (unpaired) electrons. The summed E-state index contributed by atoms with van der Waals surface area (Å²) in [5, 5.41) is 14.9. The van der Waals surface area contributed by atoms with Gasteiger partial charge in [-0.05, 0) is 29.7 Å². The van der Waals surface area contributed by atoms with E-state index in [1.165, 1.54) is 6.07 Å². The van der Waals surface area contributed by atoms with Gasteiger partial charge in [-0.1, -0.05) is 54.2 Å². The minimum Gasteiger partial charge on any atom is -0.414 e. The molecule has 0 spiro atoms. The Hall–Kier alpha value is -3.86. The van der Waals surface area contributed by atoms with E-state index in [1.54, 1.807) is 0 Å². The number of hydrogen-bond donors (Lipinski definition) is 2. The molecule has 0 unspecified atom stereocenters. The average Bonchev–Trinajstić information content (AvgIpc) is 3.29. The number of nitrogens with one attached hydrogen (secondary N) is 2. The van der Waals surface area contributed by atoms with Crippen LogP contribution in [-0.2, 0) is 17.5 Å². The second kappa shape index (κ2) is 9.96. The SMILES string of the molecule is O=C(CSc1nnc(CNC(=O)c2cccc(C(F)(F)F)c2)o1)Nc1cccc2ccccc12. The van der Waals surface area contributed by atoms with Gasteiger partial charge in [0.2, 0.25) is 11.8 Å². The van der Waals surface area contributed by atoms with Gasteiger partial charge in [0.1, 0.15) is 0 Å². The van der Waals surface area contributed by atoms with Crippen LogP contribution in [0.3, 0.4) is 0 Å². The molecule has 174 valence electrons. The minimum absolute atomic E-state index is 0.0153. The van der Waals surface area contributed by atoms with Gasteiger partial charge in [0.15, 0.2) is 0 Å². The number of anilines is 1. The summed E-state index contributed by atoms with van der Waals surface area (Å²) in [5.41, 5.74) is -0.375. The van der Waals surface area contributed by atoms with Crippen molar-refractivity contribution < 1.29 is 27.2 Å². The lowest BCUT2D eigenvalue weighted by molar-refractivity contribution is -0.137. The molecule has 0 bridgehead atoms. The number of carbonyl (C=O) groups is 2. The molecule has 7 nitrogen and oxygen atoms in total. The number of halogens is 3. The zero-order valence-corrected chi connectivity index (χ0v) is 18.2. The lowest BCUT2D eigenvalue weighted by Crippen LogP contribution is -2.23. The number of fused-ring (bicyclic) bond motifs is 1. The summed E-state index contributed by atoms with van der Waals surface area (Å²) in [6.07, 6.45) is -4.55. The maximum Gasteiger partial charge on any atom is 0.416 e. The highest BCUT2D eigenvalue weighted by atomic mass is 32.2. The third kappa shape index (κ3) is 5.73. The maximum absolute atomic E-state index is 12.8. The molecule has 0 saturated heterocycles. The van der Waals surface area contributed by atoms with Crippen molar-refractivity contribution in [1.29, 1.82) is 0 Å². The van der Waals surface area contributed by atoms with E-state index in [-0.39, 0.29) is 34.9 Å². The maximum atomic E-state index is 12.8. The molecule has 0 aliphatic rings. The number of nitrogens with zero attached hydrogens (tertiary/aromatic N) is 2. The van der Waals surface area contributed by atoms with E-state index < -0.39 is 17.6 Å². The van der Waals surface area contributed by atoms with Crippen LogP contribution in [-0.4, -0.2) is 27.8 Å². The number of thioether (sulfide) groups is 1. The summed E-state index contributed by atoms with van der Waals surface area (Å²) < 4.78 is 43.8. The summed E-state index contributed by atoms with van der Waals surface area (Å²) in [6, 6.07) is 17.3. The standard InChI is InChI=1S/C23H17F3N4O3S/c24-23(25,26)16-8-3-7-15(11-16)21(32)27-12-20-29-30-22(33-20)34-13-19(31)28-18-10-4-6-14-5-1-2-9-17(14)18/h1-11H,12-13H2,(H,27,32)(H,28,31). The van der Waals surface area contributed by atoms with Crippen LogP contribution in [0, 0.1) is 0 Å². The molecule has 2 N–H and O–H groups in total. The molecular formula is C23H17F3N4O3S. The van der Waals surface area contributed by atoms with Gasteiger partial charge >= 0.3 is 6.18 Å². The van der Waals surface area contributed by atoms with Crippen LogP contribution in [0.1, 0.15) is 21.8 Å². The van der Waals surface area contributed by atoms with Crippen LogP contribution >= 0.6 is 11.8 Å². The third-order valence-electron chi connectivity index (χ3n) is 4.69. The smallest absolute Gasteiger partial charge is 0.414 e. The van der Waals surface area contributed by atoms with Crippen LogP contribution in [0.2, 0.25) is 0 Å². The number of rotatable bonds is 7. The molecule has 0 atom stereocenters. The predicted octanol–water partition coefficient (Wildman–Crippen LogP) is 4.90. The summed E-state index contributed by atoms with van der Waals surface area (Å²) >= 11 is 1.02. The van der Waals surface area contributed by atoms with E-state index in [1.807, 2.05) is 42.5 Å². The molecule has 0 fully saturated rings. The minimum atomic E-state index is -4.55. The van der Waals surface area contributed by atoms with E-state index in [0.29, 0.717) is 5.69 Å². The van der Waals surface area contributed by atoms with Crippen molar-refractivity contribution in [3.63, 3.8) is 0 Å². The lowest BCUT2D eigenvalue weighted by atomic mass is 10.1. The first-order valence-electron chi connectivity index (χ1n) is 9.98. The van der Waals surface area contributed by atoms with Gasteiger partial charge in [0, 0.05) is 16.6 Å². The number of benzene rings is 3. The molecule has 3 aromatic carbocycles. The Morgan fingerprint density at radius 2 is 1.74 bits per heavy atom. The zero-order chi connectivity index (χ0) is 24.1. The molecule has 34 heavy (non-hydrogen) atoms. The number of amides is 2. The van der Waals surface area contributed by atoms with Gasteiger partial charge in [-0.2, -0.15) is 13.2 Å². The van der Waals surface area contributed by atoms with Crippen LogP contribution in [0.4, 0.5) is 18.9 Å². The number of alkyl halides is 3. The quantitative estimate of drug-likeness (QED) is 0.361. The first kappa shape index (κ1) is 23.3. The van der Waals surface area contributed by atoms with Crippen molar-refractivity contribution in [3.05, 3.63) is 83.7 Å². The highest BCUT2D eigenvalue weighted by Gasteiger charge is 2.30. The van der Waals surface area contributed by atoms with Crippen molar-refractivity contribution in [3.8, 4) is 0 Å². The Labute approximate surface area is 195 Å². The normalized spacial score (nSPS) is 11.4. The van der Waals surface area contributed by atoms with Gasteiger partial charge in [0.25, 0.3) is 11.1 Å². The first-order chi connectivity index (χ1) is 16.3. The van der Waals surface area contributed by atoms with Gasteiger partial charge in [-0.15, -0.1) is 10.2 Å². The van der Waals surface area contributed by atoms with Gasteiger partial charge in [-0.3, -0.25) is 9.59 Å². The number of carbonyl (C=O) groups excluding carboxylic acids is 2. The summed E-state index contributed by atoms with van der Waals surface area (Å²) in [5.74, 6) is -0.911. The summed E-state index contributed by atoms with van der Waals surface area (Å²) in [4.78, 5) is 24.5. The van der Waals surface area contributed by atoms with Crippen LogP contribution < -0.4 is 10.6 Å². The third-order valence-corrected chi connectivity index (χ3v) is 5.51. The summed E-state index contributed by atoms with van der Waals surface area (Å²) in [7, 11) is 0. The Morgan fingerprint density at radius 3 is 2.56 bits per heavy atom. The average molecular weight is 486 g/mol. The van der Waals surface area contributed by atoms with Crippen LogP contribution in [0.5, 0.6) is 0 Å². The summed E-state index contributed by atoms with van der Waals surface area (Å²) in [6.45, 7) is -0.176. The van der Waals surface area contributed by atoms with E-state index in [0.717, 1.165) is 40.7 Å². The van der Waals surface area contributed by atoms with Gasteiger partial charge in [0.05, 0.1) is 17.9 Å². The van der Waals surface area contributed by atoms with E-state index in [2.05, 4.69) is 20.8 Å². The van der Waals surface area contributed by atoms with Gasteiger partial charge < -0.3 is 15.1 Å². The number of hydrogen-bond acceptors (Lipinski definition) is 6. The number of aromatic nitrogens is 2. The Bertz CT molecular complexity index is 1340. The van der Waals surface area contributed by atoms with Crippen molar-refractivity contribution in [1.82, 2.24) is 15.5 Å². The molecule has 11 heteroatoms. The second-order valence-corrected chi connectivity index (χ2v) is 8.01. The fourth-order valence-corrected chi connectivity index (χ4v) is 3.69. The zero-order valence-electron chi connectivity index (χ0n) is 17.4. The molecule has 0 aliphatic heterocycles. The first-order valence-corrected chi connectivity index (χ1v) is 11.0. The molecule has 0 saturated carbocycles. The topological polar surface area (TPSA) is 97.1 Å². The molecule has 0 aliphatic carbocycles. The molecular weight excluding hydrogens is 469 g/mol. The largest absolute Gasteiger partial charge is 0.416 e. The Kier molecular flexibility index (Phi) is 6.82. The van der Waals surface area contributed by atoms with Crippen LogP contribution in [0.25, 0.3) is 10.8 Å². The van der Waals surface area contributed by atoms with Crippen molar-refractivity contribution in [2.24, 2.45) is 0 Å². The van der Waals surface area contributed by atoms with Gasteiger partial charge in [-0.25, -0.2) is 0 Å². The molecule has 2 amide bonds. The lowest BCUT2D eigenvalue weighted by Gasteiger charge is -2.08. The highest BCUT2D eigenvalue weighted by Crippen LogP contribution is 2.29. The molecule has 4 rings (SSSR count). The molecule has 1 aromatic heterocycles. The Balaban J connectivity index is 1.29. The van der Waals surface area contributed by atoms with Crippen molar-refractivity contribution in [2.75, 3.05) is 11.1 Å². The monoisotopic (exact) mass is 486 g/mol. The van der Waals surface area contributed by atoms with E-state index in [9.17, 15) is 22.8 Å². The molecule has 1 heterocycles. The fourth-order valence-electron chi connectivity index (χ4n) is 3.11. The van der Waals surface area contributed by atoms with E-state index in [4.69, 9.17) is 4.42 Å². The highest BCUT2D eigenvalue weighted by molar-refractivity contribution is 7.99. The van der Waals surface area contributed by atoms with Crippen LogP contribution in [0.15, 0.2) is 76.4 Å². The van der Waals surface area contributed by atoms with E-state index >= 15 is 0 Å². The predicted molar refractivity (Wildman–Crippen MR) is 120 cm³/mol. The second-order valence-electron chi connectivity index (χ2n) is 7.09. The fraction of sp³-hybridized carbons (Fsp3) is 0.130. The van der Waals surface area contributed by atoms with Crippen molar-refractivity contribution >= 4 is 40.0 Å². The van der Waals surface area contributed by atoms with Crippen molar-refractivity contribution in [2.45, 2.75) is 17.9 Å².